The number of aryl methyl sites for hydroxylation is 2. The Kier molecular flexibility index (Phi) is 4.02. The van der Waals surface area contributed by atoms with E-state index in [0.717, 1.165) is 19.4 Å². The average Bonchev–Trinajstić information content (AvgIpc) is 2.84. The van der Waals surface area contributed by atoms with Crippen LogP contribution in [-0.2, 0) is 19.4 Å². The van der Waals surface area contributed by atoms with Crippen LogP contribution >= 0.6 is 0 Å². The first-order chi connectivity index (χ1) is 10.2. The van der Waals surface area contributed by atoms with Crippen molar-refractivity contribution >= 4 is 10.9 Å². The van der Waals surface area contributed by atoms with E-state index in [0.29, 0.717) is 0 Å². The number of nitrogens with zero attached hydrogens (tertiary/aromatic N) is 2. The molecule has 108 valence electrons. The highest BCUT2D eigenvalue weighted by Crippen LogP contribution is 2.22. The molecule has 0 saturated heterocycles. The molecule has 0 amide bonds. The number of benzene rings is 1. The van der Waals surface area contributed by atoms with Crippen LogP contribution in [0.5, 0.6) is 0 Å². The molecule has 2 N–H and O–H groups in total. The quantitative estimate of drug-likeness (QED) is 0.779. The van der Waals surface area contributed by atoms with Gasteiger partial charge in [-0.05, 0) is 49.1 Å². The van der Waals surface area contributed by atoms with Gasteiger partial charge in [-0.3, -0.25) is 4.98 Å². The molecule has 21 heavy (non-hydrogen) atoms. The predicted molar refractivity (Wildman–Crippen MR) is 87.2 cm³/mol. The van der Waals surface area contributed by atoms with E-state index in [1.807, 2.05) is 12.4 Å². The number of nitrogens with two attached hydrogens (primary N) is 1. The Hall–Kier alpha value is -2.13. The second-order valence-electron chi connectivity index (χ2n) is 5.65. The molecule has 0 aliphatic carbocycles. The molecule has 0 aliphatic heterocycles. The lowest BCUT2D eigenvalue weighted by molar-refractivity contribution is 0.705. The van der Waals surface area contributed by atoms with Gasteiger partial charge in [0.25, 0.3) is 0 Å². The van der Waals surface area contributed by atoms with Crippen molar-refractivity contribution in [2.24, 2.45) is 5.73 Å². The molecule has 2 aromatic heterocycles. The van der Waals surface area contributed by atoms with Gasteiger partial charge in [0.15, 0.2) is 0 Å². The van der Waals surface area contributed by atoms with Gasteiger partial charge in [0.2, 0.25) is 0 Å². The first-order valence-corrected chi connectivity index (χ1v) is 7.45. The van der Waals surface area contributed by atoms with Crippen molar-refractivity contribution in [3.63, 3.8) is 0 Å². The summed E-state index contributed by atoms with van der Waals surface area (Å²) in [4.78, 5) is 4.07. The molecular formula is C18H21N3. The van der Waals surface area contributed by atoms with Crippen LogP contribution in [0.15, 0.2) is 55.0 Å². The third-order valence-electron chi connectivity index (χ3n) is 3.80. The Bertz CT molecular complexity index is 714. The van der Waals surface area contributed by atoms with Crippen LogP contribution < -0.4 is 5.73 Å². The van der Waals surface area contributed by atoms with E-state index >= 15 is 0 Å². The second kappa shape index (κ2) is 6.10. The van der Waals surface area contributed by atoms with E-state index < -0.39 is 0 Å². The molecule has 3 rings (SSSR count). The number of hydrogen-bond donors (Lipinski definition) is 1. The Morgan fingerprint density at radius 2 is 1.90 bits per heavy atom. The minimum absolute atomic E-state index is 0.185. The molecule has 3 aromatic rings. The number of fused-ring (bicyclic) bond motifs is 1. The summed E-state index contributed by atoms with van der Waals surface area (Å²) in [7, 11) is 0. The van der Waals surface area contributed by atoms with Gasteiger partial charge < -0.3 is 10.3 Å². The fourth-order valence-electron chi connectivity index (χ4n) is 2.82. The predicted octanol–water partition coefficient (Wildman–Crippen LogP) is 3.17. The third-order valence-corrected chi connectivity index (χ3v) is 3.80. The van der Waals surface area contributed by atoms with Gasteiger partial charge in [0.05, 0.1) is 0 Å². The molecule has 0 radical (unpaired) electrons. The van der Waals surface area contributed by atoms with E-state index in [-0.39, 0.29) is 6.04 Å². The number of para-hydroxylation sites is 1. The first-order valence-electron chi connectivity index (χ1n) is 7.45. The maximum atomic E-state index is 5.97. The molecule has 3 heteroatoms. The van der Waals surface area contributed by atoms with Gasteiger partial charge in [0, 0.05) is 42.1 Å². The lowest BCUT2D eigenvalue weighted by Gasteiger charge is -2.05. The maximum Gasteiger partial charge on any atom is 0.0483 e. The van der Waals surface area contributed by atoms with Gasteiger partial charge in [-0.1, -0.05) is 18.2 Å². The van der Waals surface area contributed by atoms with Crippen molar-refractivity contribution in [3.8, 4) is 0 Å². The number of aromatic nitrogens is 2. The van der Waals surface area contributed by atoms with Crippen LogP contribution in [0.3, 0.4) is 0 Å². The minimum Gasteiger partial charge on any atom is -0.347 e. The lowest BCUT2D eigenvalue weighted by atomic mass is 10.1. The summed E-state index contributed by atoms with van der Waals surface area (Å²) in [5.41, 5.74) is 9.93. The van der Waals surface area contributed by atoms with E-state index in [1.165, 1.54) is 22.0 Å². The molecule has 1 aromatic carbocycles. The highest BCUT2D eigenvalue weighted by molar-refractivity contribution is 5.84. The average molecular weight is 279 g/mol. The lowest BCUT2D eigenvalue weighted by Crippen LogP contribution is -2.17. The fourth-order valence-corrected chi connectivity index (χ4v) is 2.82. The van der Waals surface area contributed by atoms with Crippen LogP contribution in [0.4, 0.5) is 0 Å². The number of hydrogen-bond acceptors (Lipinski definition) is 2. The molecule has 0 fully saturated rings. The molecule has 0 bridgehead atoms. The Labute approximate surface area is 125 Å². The third kappa shape index (κ3) is 3.14. The van der Waals surface area contributed by atoms with Crippen molar-refractivity contribution in [2.75, 3.05) is 0 Å². The van der Waals surface area contributed by atoms with Crippen molar-refractivity contribution in [2.45, 2.75) is 32.4 Å². The van der Waals surface area contributed by atoms with Gasteiger partial charge in [-0.15, -0.1) is 0 Å². The van der Waals surface area contributed by atoms with E-state index in [2.05, 4.69) is 59.1 Å². The molecule has 1 atom stereocenters. The van der Waals surface area contributed by atoms with Crippen LogP contribution in [0.1, 0.15) is 18.1 Å². The SMILES string of the molecule is CC(N)Cc1cn(CCc2ccncc2)c2ccccc12. The largest absolute Gasteiger partial charge is 0.347 e. The second-order valence-corrected chi connectivity index (χ2v) is 5.65. The smallest absolute Gasteiger partial charge is 0.0483 e. The number of rotatable bonds is 5. The molecule has 0 spiro atoms. The molecule has 2 heterocycles. The highest BCUT2D eigenvalue weighted by Gasteiger charge is 2.09. The Morgan fingerprint density at radius 1 is 1.14 bits per heavy atom. The van der Waals surface area contributed by atoms with E-state index in [1.54, 1.807) is 0 Å². The van der Waals surface area contributed by atoms with Crippen LogP contribution in [0, 0.1) is 0 Å². The Balaban J connectivity index is 1.88. The van der Waals surface area contributed by atoms with Crippen molar-refractivity contribution in [3.05, 3.63) is 66.1 Å². The zero-order valence-corrected chi connectivity index (χ0v) is 12.4. The van der Waals surface area contributed by atoms with Crippen LogP contribution in [0.25, 0.3) is 10.9 Å². The normalized spacial score (nSPS) is 12.7. The number of pyridine rings is 1. The van der Waals surface area contributed by atoms with Crippen LogP contribution in [0.2, 0.25) is 0 Å². The van der Waals surface area contributed by atoms with E-state index in [9.17, 15) is 0 Å². The summed E-state index contributed by atoms with van der Waals surface area (Å²) in [5, 5.41) is 1.32. The minimum atomic E-state index is 0.185. The molecule has 1 unspecified atom stereocenters. The summed E-state index contributed by atoms with van der Waals surface area (Å²) in [6.45, 7) is 3.03. The molecular weight excluding hydrogens is 258 g/mol. The molecule has 0 saturated carbocycles. The zero-order chi connectivity index (χ0) is 14.7. The monoisotopic (exact) mass is 279 g/mol. The molecule has 0 aliphatic rings. The summed E-state index contributed by atoms with van der Waals surface area (Å²) in [5.74, 6) is 0. The maximum absolute atomic E-state index is 5.97. The van der Waals surface area contributed by atoms with Gasteiger partial charge in [-0.2, -0.15) is 0 Å². The summed E-state index contributed by atoms with van der Waals surface area (Å²) >= 11 is 0. The summed E-state index contributed by atoms with van der Waals surface area (Å²) < 4.78 is 2.34. The summed E-state index contributed by atoms with van der Waals surface area (Å²) in [6.07, 6.45) is 7.89. The Morgan fingerprint density at radius 3 is 2.67 bits per heavy atom. The first kappa shape index (κ1) is 13.8. The van der Waals surface area contributed by atoms with Gasteiger partial charge in [-0.25, -0.2) is 0 Å². The standard InChI is InChI=1S/C18H21N3/c1-14(19)12-16-13-21(18-5-3-2-4-17(16)18)11-8-15-6-9-20-10-7-15/h2-7,9-10,13-14H,8,11-12,19H2,1H3. The molecule has 3 nitrogen and oxygen atoms in total. The van der Waals surface area contributed by atoms with Crippen molar-refractivity contribution < 1.29 is 0 Å². The van der Waals surface area contributed by atoms with E-state index in [4.69, 9.17) is 5.73 Å². The zero-order valence-electron chi connectivity index (χ0n) is 12.4. The topological polar surface area (TPSA) is 43.8 Å². The van der Waals surface area contributed by atoms with Gasteiger partial charge >= 0.3 is 0 Å². The summed E-state index contributed by atoms with van der Waals surface area (Å²) in [6, 6.07) is 12.9. The highest BCUT2D eigenvalue weighted by atomic mass is 15.0. The van der Waals surface area contributed by atoms with Crippen molar-refractivity contribution in [1.29, 1.82) is 0 Å². The van der Waals surface area contributed by atoms with Gasteiger partial charge in [0.1, 0.15) is 0 Å². The van der Waals surface area contributed by atoms with Crippen molar-refractivity contribution in [1.82, 2.24) is 9.55 Å². The fraction of sp³-hybridized carbons (Fsp3) is 0.278. The van der Waals surface area contributed by atoms with Crippen LogP contribution in [-0.4, -0.2) is 15.6 Å².